The molecule has 0 aliphatic heterocycles. The number of carbonyl (C=O) groups is 6. The maximum atomic E-state index is 12.9. The van der Waals surface area contributed by atoms with Crippen LogP contribution in [0.25, 0.3) is 0 Å². The van der Waals surface area contributed by atoms with Crippen molar-refractivity contribution in [3.05, 3.63) is 114 Å². The summed E-state index contributed by atoms with van der Waals surface area (Å²) in [6.45, 7) is 32.5. The second-order valence-corrected chi connectivity index (χ2v) is 25.4. The van der Waals surface area contributed by atoms with Crippen LogP contribution < -0.4 is 21.2 Å². The lowest BCUT2D eigenvalue weighted by Crippen LogP contribution is -2.44. The normalized spacial score (nSPS) is 12.5. The standard InChI is InChI=1S/C23H23O2P.C16H29NO4.C11H21NO3.C11H21NO2.CH2Cl2.ClH/c1-3-25-23(24)19(2)26(20-13-7-4-8-14-20,21-15-9-5-10-16-21)22-17-11-6-12-18-22;1-9-20-14(18)12(4)10-13(11(2)3)17(8)15(19)21-16(5,6)7;1-8(2)9(7-13)12(6)10(14)15-11(3,4)5;1-6-14-11(13)9(4)7-10(12-5)8(2)3;2-1-3;/h4-18H,3H2,1-2H3;10-11,13H,9H2,1-8H3;7-9H,1-6H3;7-8,10,12H,6H2,1-5H3;1H2;1H/b;12-10+;;9-7+;;/t;13-;9-;10-;;/m.111../s1. The predicted octanol–water partition coefficient (Wildman–Crippen LogP) is 12.8. The van der Waals surface area contributed by atoms with Gasteiger partial charge in [0.25, 0.3) is 0 Å². The smallest absolute Gasteiger partial charge is 0.410 e. The molecule has 0 aliphatic rings. The lowest BCUT2D eigenvalue weighted by Gasteiger charge is -2.31. The Morgan fingerprint density at radius 3 is 1.11 bits per heavy atom. The van der Waals surface area contributed by atoms with Crippen molar-refractivity contribution in [2.24, 2.45) is 17.8 Å². The average molecular weight is 1200 g/mol. The number of likely N-dealkylation sites (N-methyl/N-ethyl adjacent to an activating group) is 3. The van der Waals surface area contributed by atoms with Crippen LogP contribution in [-0.2, 0) is 42.9 Å². The summed E-state index contributed by atoms with van der Waals surface area (Å²) >= 11 is 9.53. The number of ether oxygens (including phenoxy) is 5. The van der Waals surface area contributed by atoms with Crippen LogP contribution in [0.2, 0.25) is 0 Å². The monoisotopic (exact) mass is 1200 g/mol. The number of hydrogen-bond donors (Lipinski definition) is 1. The van der Waals surface area contributed by atoms with Gasteiger partial charge in [-0.3, -0.25) is 0 Å². The van der Waals surface area contributed by atoms with E-state index in [4.69, 9.17) is 46.9 Å². The summed E-state index contributed by atoms with van der Waals surface area (Å²) in [6, 6.07) is 30.5. The van der Waals surface area contributed by atoms with Crippen LogP contribution in [0.4, 0.5) is 9.59 Å². The molecule has 3 aromatic carbocycles. The molecule has 2 amide bonds. The first kappa shape index (κ1) is 79.1. The van der Waals surface area contributed by atoms with E-state index in [0.29, 0.717) is 36.9 Å². The molecule has 3 aromatic rings. The highest BCUT2D eigenvalue weighted by atomic mass is 35.5. The minimum atomic E-state index is -2.29. The molecule has 0 aromatic heterocycles. The first-order chi connectivity index (χ1) is 36.8. The number of rotatable bonds is 18. The Labute approximate surface area is 497 Å². The molecule has 3 rings (SSSR count). The summed E-state index contributed by atoms with van der Waals surface area (Å²) < 4.78 is 25.8. The Kier molecular flexibility index (Phi) is 40.5. The number of nitrogens with one attached hydrogen (secondary N) is 1. The Morgan fingerprint density at radius 1 is 0.550 bits per heavy atom. The van der Waals surface area contributed by atoms with Crippen LogP contribution in [0.3, 0.4) is 0 Å². The zero-order valence-electron chi connectivity index (χ0n) is 51.7. The van der Waals surface area contributed by atoms with Gasteiger partial charge in [0.15, 0.2) is 0 Å². The Hall–Kier alpha value is -5.11. The molecule has 3 atom stereocenters. The number of halogens is 3. The van der Waals surface area contributed by atoms with Gasteiger partial charge in [0.05, 0.1) is 37.2 Å². The first-order valence-electron chi connectivity index (χ1n) is 26.8. The SMILES string of the molecule is CC(C)[C@@H](C=O)N(C)C(=O)OC(C)(C)C.CCOC(=O)/C(C)=C/[C@@H](NC)C(C)C.CCOC(=O)/C(C)=C/[C@H](C(C)C)N(C)C(=O)OC(C)(C)C.CCOC(=O)C(C)=P(c1ccccc1)(c1ccccc1)c1ccccc1.Cl.ClCCl. The van der Waals surface area contributed by atoms with Crippen molar-refractivity contribution in [2.45, 2.75) is 154 Å². The van der Waals surface area contributed by atoms with E-state index in [0.717, 1.165) is 27.5 Å². The molecule has 0 bridgehead atoms. The lowest BCUT2D eigenvalue weighted by atomic mass is 10.0. The van der Waals surface area contributed by atoms with Gasteiger partial charge < -0.3 is 43.6 Å². The van der Waals surface area contributed by atoms with Crippen LogP contribution in [0.5, 0.6) is 0 Å². The summed E-state index contributed by atoms with van der Waals surface area (Å²) in [5.74, 6) is -0.122. The maximum Gasteiger partial charge on any atom is 0.410 e. The van der Waals surface area contributed by atoms with E-state index in [-0.39, 0.29) is 59.6 Å². The van der Waals surface area contributed by atoms with Gasteiger partial charge in [-0.25, -0.2) is 24.0 Å². The molecule has 0 saturated carbocycles. The molecule has 0 spiro atoms. The van der Waals surface area contributed by atoms with Crippen molar-refractivity contribution in [3.8, 4) is 0 Å². The number of carbonyl (C=O) groups excluding carboxylic acids is 6. The predicted molar refractivity (Wildman–Crippen MR) is 336 cm³/mol. The fourth-order valence-electron chi connectivity index (χ4n) is 7.47. The highest BCUT2D eigenvalue weighted by Gasteiger charge is 2.32. The zero-order chi connectivity index (χ0) is 61.3. The minimum Gasteiger partial charge on any atom is -0.463 e. The van der Waals surface area contributed by atoms with Gasteiger partial charge in [0.2, 0.25) is 0 Å². The van der Waals surface area contributed by atoms with Crippen molar-refractivity contribution < 1.29 is 52.5 Å². The highest BCUT2D eigenvalue weighted by Crippen LogP contribution is 2.46. The molecule has 14 nitrogen and oxygen atoms in total. The second-order valence-electron chi connectivity index (χ2n) is 21.1. The number of amides is 2. The quantitative estimate of drug-likeness (QED) is 0.0320. The van der Waals surface area contributed by atoms with Crippen LogP contribution in [0.1, 0.15) is 125 Å². The first-order valence-corrected chi connectivity index (χ1v) is 29.6. The van der Waals surface area contributed by atoms with Crippen LogP contribution in [0, 0.1) is 17.8 Å². The minimum absolute atomic E-state index is 0. The van der Waals surface area contributed by atoms with E-state index < -0.39 is 36.3 Å². The Balaban J connectivity index is -0.000000998. The number of esters is 3. The summed E-state index contributed by atoms with van der Waals surface area (Å²) in [5.41, 5.74) is 0.0774. The number of alkyl halides is 2. The molecule has 0 aliphatic carbocycles. The summed E-state index contributed by atoms with van der Waals surface area (Å²) in [6.07, 6.45) is 3.58. The third-order valence-electron chi connectivity index (χ3n) is 11.4. The molecular formula is C62H97Cl3N3O11P. The average Bonchev–Trinajstić information content (AvgIpc) is 3.38. The third kappa shape index (κ3) is 29.0. The Bertz CT molecular complexity index is 2280. The van der Waals surface area contributed by atoms with Gasteiger partial charge in [0, 0.05) is 36.6 Å². The van der Waals surface area contributed by atoms with Crippen molar-refractivity contribution in [3.63, 3.8) is 0 Å². The molecular weight excluding hydrogens is 1100 g/mol. The van der Waals surface area contributed by atoms with Crippen LogP contribution in [0.15, 0.2) is 114 Å². The molecule has 80 heavy (non-hydrogen) atoms. The van der Waals surface area contributed by atoms with E-state index >= 15 is 0 Å². The van der Waals surface area contributed by atoms with Gasteiger partial charge in [0.1, 0.15) is 17.5 Å². The molecule has 0 radical (unpaired) electrons. The fraction of sp³-hybridized carbons (Fsp3) is 0.532. The van der Waals surface area contributed by atoms with E-state index in [1.165, 1.54) is 9.80 Å². The number of aldehydes is 1. The molecule has 0 fully saturated rings. The van der Waals surface area contributed by atoms with Crippen molar-refractivity contribution >= 4 is 100 Å². The zero-order valence-corrected chi connectivity index (χ0v) is 54.9. The maximum absolute atomic E-state index is 12.9. The van der Waals surface area contributed by atoms with Crippen molar-refractivity contribution in [1.29, 1.82) is 0 Å². The topological polar surface area (TPSA) is 167 Å². The molecule has 1 N–H and O–H groups in total. The number of nitrogens with zero attached hydrogens (tertiary/aromatic N) is 2. The number of benzene rings is 3. The van der Waals surface area contributed by atoms with Gasteiger partial charge in [-0.2, -0.15) is 0 Å². The fourth-order valence-corrected chi connectivity index (χ4v) is 11.7. The second kappa shape index (κ2) is 41.0. The van der Waals surface area contributed by atoms with E-state index in [2.05, 4.69) is 55.6 Å². The van der Waals surface area contributed by atoms with Crippen LogP contribution >= 0.6 is 42.5 Å². The summed E-state index contributed by atoms with van der Waals surface area (Å²) in [5, 5.41) is 7.57. The largest absolute Gasteiger partial charge is 0.463 e. The Morgan fingerprint density at radius 2 is 0.850 bits per heavy atom. The summed E-state index contributed by atoms with van der Waals surface area (Å²) in [7, 11) is 5.14. The molecule has 0 heterocycles. The van der Waals surface area contributed by atoms with Gasteiger partial charge >= 0.3 is 30.1 Å². The van der Waals surface area contributed by atoms with E-state index in [9.17, 15) is 28.8 Å². The van der Waals surface area contributed by atoms with Gasteiger partial charge in [-0.1, -0.05) is 145 Å². The molecule has 0 unspecified atom stereocenters. The summed E-state index contributed by atoms with van der Waals surface area (Å²) in [4.78, 5) is 73.3. The lowest BCUT2D eigenvalue weighted by molar-refractivity contribution is -0.139. The van der Waals surface area contributed by atoms with Gasteiger partial charge in [-0.05, 0) is 131 Å². The van der Waals surface area contributed by atoms with E-state index in [1.54, 1.807) is 61.7 Å². The molecule has 452 valence electrons. The number of hydrogen-bond acceptors (Lipinski definition) is 12. The van der Waals surface area contributed by atoms with Crippen molar-refractivity contribution in [1.82, 2.24) is 15.1 Å². The third-order valence-corrected chi connectivity index (χ3v) is 15.8. The van der Waals surface area contributed by atoms with Crippen molar-refractivity contribution in [2.75, 3.05) is 46.3 Å². The molecule has 18 heteroatoms. The van der Waals surface area contributed by atoms with E-state index in [1.807, 2.05) is 137 Å². The van der Waals surface area contributed by atoms with Crippen LogP contribution in [-0.4, -0.2) is 127 Å². The highest BCUT2D eigenvalue weighted by molar-refractivity contribution is 7.96. The van der Waals surface area contributed by atoms with Gasteiger partial charge in [-0.15, -0.1) is 35.6 Å². The molecule has 0 saturated heterocycles.